The van der Waals surface area contributed by atoms with Crippen molar-refractivity contribution in [1.29, 1.82) is 0 Å². The molecule has 0 amide bonds. The SMILES string of the molecule is COC(=O)c1cc(Cl)ccc1-c1cc(-c2ccccc2)oc1-c1ccc(C)cc1. The fraction of sp³-hybridized carbons (Fsp3) is 0.0800. The molecule has 0 N–H and O–H groups in total. The predicted octanol–water partition coefficient (Wildman–Crippen LogP) is 7.03. The average Bonchev–Trinajstić information content (AvgIpc) is 3.19. The smallest absolute Gasteiger partial charge is 0.338 e. The number of hydrogen-bond donors (Lipinski definition) is 0. The van der Waals surface area contributed by atoms with E-state index in [9.17, 15) is 4.79 Å². The van der Waals surface area contributed by atoms with Gasteiger partial charge in [-0.05, 0) is 25.1 Å². The van der Waals surface area contributed by atoms with E-state index < -0.39 is 5.97 Å². The maximum absolute atomic E-state index is 12.4. The molecule has 144 valence electrons. The van der Waals surface area contributed by atoms with Gasteiger partial charge in [0.15, 0.2) is 0 Å². The zero-order valence-electron chi connectivity index (χ0n) is 16.1. The third kappa shape index (κ3) is 3.82. The summed E-state index contributed by atoms with van der Waals surface area (Å²) in [4.78, 5) is 12.4. The molecule has 1 aromatic heterocycles. The Morgan fingerprint density at radius 1 is 0.862 bits per heavy atom. The molecule has 4 heteroatoms. The van der Waals surface area contributed by atoms with Crippen molar-refractivity contribution in [1.82, 2.24) is 0 Å². The molecule has 4 aromatic rings. The van der Waals surface area contributed by atoms with Gasteiger partial charge in [-0.25, -0.2) is 4.79 Å². The zero-order valence-corrected chi connectivity index (χ0v) is 16.9. The van der Waals surface area contributed by atoms with Crippen molar-refractivity contribution in [2.24, 2.45) is 0 Å². The molecule has 0 unspecified atom stereocenters. The van der Waals surface area contributed by atoms with Gasteiger partial charge in [0.25, 0.3) is 0 Å². The van der Waals surface area contributed by atoms with Gasteiger partial charge < -0.3 is 9.15 Å². The van der Waals surface area contributed by atoms with E-state index >= 15 is 0 Å². The largest absolute Gasteiger partial charge is 0.465 e. The second kappa shape index (κ2) is 7.98. The lowest BCUT2D eigenvalue weighted by molar-refractivity contribution is 0.0601. The van der Waals surface area contributed by atoms with E-state index in [0.29, 0.717) is 21.9 Å². The van der Waals surface area contributed by atoms with E-state index in [1.807, 2.05) is 73.7 Å². The Bertz CT molecular complexity index is 1160. The minimum atomic E-state index is -0.445. The van der Waals surface area contributed by atoms with Crippen molar-refractivity contribution in [2.75, 3.05) is 7.11 Å². The summed E-state index contributed by atoms with van der Waals surface area (Å²) in [5.41, 5.74) is 4.97. The first kappa shape index (κ1) is 19.0. The van der Waals surface area contributed by atoms with Crippen LogP contribution in [-0.4, -0.2) is 13.1 Å². The van der Waals surface area contributed by atoms with Crippen molar-refractivity contribution < 1.29 is 13.9 Å². The Balaban J connectivity index is 1.96. The number of ether oxygens (including phenoxy) is 1. The van der Waals surface area contributed by atoms with Gasteiger partial charge in [-0.1, -0.05) is 77.8 Å². The molecule has 1 heterocycles. The van der Waals surface area contributed by atoms with Gasteiger partial charge in [0, 0.05) is 27.3 Å². The first-order chi connectivity index (χ1) is 14.1. The third-order valence-electron chi connectivity index (χ3n) is 4.78. The molecule has 0 bridgehead atoms. The summed E-state index contributed by atoms with van der Waals surface area (Å²) in [6, 6.07) is 25.1. The van der Waals surface area contributed by atoms with Gasteiger partial charge in [-0.2, -0.15) is 0 Å². The fourth-order valence-corrected chi connectivity index (χ4v) is 3.46. The number of furan rings is 1. The van der Waals surface area contributed by atoms with Crippen LogP contribution in [0.5, 0.6) is 0 Å². The van der Waals surface area contributed by atoms with Crippen LogP contribution in [0.1, 0.15) is 15.9 Å². The van der Waals surface area contributed by atoms with E-state index in [1.165, 1.54) is 7.11 Å². The fourth-order valence-electron chi connectivity index (χ4n) is 3.29. The summed E-state index contributed by atoms with van der Waals surface area (Å²) in [5, 5.41) is 0.470. The number of methoxy groups -OCH3 is 1. The topological polar surface area (TPSA) is 39.4 Å². The Morgan fingerprint density at radius 3 is 2.28 bits per heavy atom. The molecule has 29 heavy (non-hydrogen) atoms. The number of carbonyl (C=O) groups is 1. The van der Waals surface area contributed by atoms with Crippen molar-refractivity contribution in [3.63, 3.8) is 0 Å². The maximum atomic E-state index is 12.4. The Morgan fingerprint density at radius 2 is 1.59 bits per heavy atom. The molecule has 3 nitrogen and oxygen atoms in total. The van der Waals surface area contributed by atoms with Crippen LogP contribution < -0.4 is 0 Å². The molecule has 0 saturated carbocycles. The van der Waals surface area contributed by atoms with E-state index in [4.69, 9.17) is 20.8 Å². The molecule has 0 fully saturated rings. The van der Waals surface area contributed by atoms with Gasteiger partial charge in [-0.15, -0.1) is 0 Å². The van der Waals surface area contributed by atoms with Crippen LogP contribution in [-0.2, 0) is 4.74 Å². The van der Waals surface area contributed by atoms with Gasteiger partial charge in [-0.3, -0.25) is 0 Å². The molecular weight excluding hydrogens is 384 g/mol. The van der Waals surface area contributed by atoms with Crippen LogP contribution in [0.2, 0.25) is 5.02 Å². The first-order valence-corrected chi connectivity index (χ1v) is 9.59. The highest BCUT2D eigenvalue weighted by Crippen LogP contribution is 2.40. The third-order valence-corrected chi connectivity index (χ3v) is 5.02. The summed E-state index contributed by atoms with van der Waals surface area (Å²) in [7, 11) is 1.36. The first-order valence-electron chi connectivity index (χ1n) is 9.21. The molecule has 0 saturated heterocycles. The van der Waals surface area contributed by atoms with Gasteiger partial charge in [0.2, 0.25) is 0 Å². The number of aryl methyl sites for hydroxylation is 1. The molecule has 0 radical (unpaired) electrons. The molecule has 0 aliphatic heterocycles. The standard InChI is InChI=1S/C25H19ClO3/c1-16-8-10-18(11-9-16)24-21(15-23(29-24)17-6-4-3-5-7-17)20-13-12-19(26)14-22(20)25(27)28-2/h3-15H,1-2H3. The minimum absolute atomic E-state index is 0.397. The second-order valence-corrected chi connectivity index (χ2v) is 7.20. The minimum Gasteiger partial charge on any atom is -0.465 e. The molecule has 3 aromatic carbocycles. The van der Waals surface area contributed by atoms with E-state index in [0.717, 1.165) is 28.0 Å². The number of esters is 1. The normalized spacial score (nSPS) is 10.7. The molecule has 0 aliphatic carbocycles. The van der Waals surface area contributed by atoms with Gasteiger partial charge >= 0.3 is 5.97 Å². The highest BCUT2D eigenvalue weighted by molar-refractivity contribution is 6.31. The van der Waals surface area contributed by atoms with Crippen LogP contribution in [0.4, 0.5) is 0 Å². The lowest BCUT2D eigenvalue weighted by atomic mass is 9.96. The van der Waals surface area contributed by atoms with E-state index in [-0.39, 0.29) is 0 Å². The predicted molar refractivity (Wildman–Crippen MR) is 116 cm³/mol. The molecule has 0 atom stereocenters. The monoisotopic (exact) mass is 402 g/mol. The average molecular weight is 403 g/mol. The van der Waals surface area contributed by atoms with Crippen molar-refractivity contribution in [3.05, 3.63) is 95.0 Å². The second-order valence-electron chi connectivity index (χ2n) is 6.77. The van der Waals surface area contributed by atoms with Crippen LogP contribution in [0, 0.1) is 6.92 Å². The summed E-state index contributed by atoms with van der Waals surface area (Å²) in [6.45, 7) is 2.04. The zero-order chi connectivity index (χ0) is 20.4. The quantitative estimate of drug-likeness (QED) is 0.344. The molecule has 4 rings (SSSR count). The maximum Gasteiger partial charge on any atom is 0.338 e. The number of carbonyl (C=O) groups excluding carboxylic acids is 1. The van der Waals surface area contributed by atoms with Crippen LogP contribution in [0.15, 0.2) is 83.3 Å². The summed E-state index contributed by atoms with van der Waals surface area (Å²) in [5.74, 6) is 0.970. The summed E-state index contributed by atoms with van der Waals surface area (Å²) >= 11 is 6.15. The van der Waals surface area contributed by atoms with Crippen molar-refractivity contribution in [2.45, 2.75) is 6.92 Å². The van der Waals surface area contributed by atoms with Gasteiger partial charge in [0.1, 0.15) is 11.5 Å². The van der Waals surface area contributed by atoms with Crippen LogP contribution in [0.25, 0.3) is 33.8 Å². The van der Waals surface area contributed by atoms with E-state index in [2.05, 4.69) is 0 Å². The van der Waals surface area contributed by atoms with Crippen LogP contribution in [0.3, 0.4) is 0 Å². The van der Waals surface area contributed by atoms with Crippen LogP contribution >= 0.6 is 11.6 Å². The highest BCUT2D eigenvalue weighted by atomic mass is 35.5. The Hall–Kier alpha value is -3.30. The van der Waals surface area contributed by atoms with Gasteiger partial charge in [0.05, 0.1) is 12.7 Å². The van der Waals surface area contributed by atoms with E-state index in [1.54, 1.807) is 12.1 Å². The van der Waals surface area contributed by atoms with Crippen molar-refractivity contribution in [3.8, 4) is 33.8 Å². The molecule has 0 spiro atoms. The Kier molecular flexibility index (Phi) is 5.24. The lowest BCUT2D eigenvalue weighted by Crippen LogP contribution is -2.03. The summed E-state index contributed by atoms with van der Waals surface area (Å²) in [6.07, 6.45) is 0. The highest BCUT2D eigenvalue weighted by Gasteiger charge is 2.21. The number of halogens is 1. The lowest BCUT2D eigenvalue weighted by Gasteiger charge is -2.09. The Labute approximate surface area is 174 Å². The molecule has 0 aliphatic rings. The number of benzene rings is 3. The summed E-state index contributed by atoms with van der Waals surface area (Å²) < 4.78 is 11.3. The number of hydrogen-bond acceptors (Lipinski definition) is 3. The number of rotatable bonds is 4. The molecular formula is C25H19ClO3. The van der Waals surface area contributed by atoms with Crippen molar-refractivity contribution >= 4 is 17.6 Å².